The van der Waals surface area contributed by atoms with Gasteiger partial charge in [-0.1, -0.05) is 19.9 Å². The van der Waals surface area contributed by atoms with Crippen LogP contribution in [-0.4, -0.2) is 0 Å². The smallest absolute Gasteiger partial charge is 0.130 e. The van der Waals surface area contributed by atoms with Crippen LogP contribution in [0.1, 0.15) is 31.9 Å². The predicted octanol–water partition coefficient (Wildman–Crippen LogP) is 3.43. The SMILES string of the molecule is CC(C)C[C@H](N)c1ccc(F)cc1F.Cl. The number of halogens is 3. The van der Waals surface area contributed by atoms with Crippen molar-refractivity contribution in [2.75, 3.05) is 0 Å². The number of hydrogen-bond donors (Lipinski definition) is 1. The summed E-state index contributed by atoms with van der Waals surface area (Å²) in [6, 6.07) is 3.17. The maximum absolute atomic E-state index is 13.2. The molecule has 0 unspecified atom stereocenters. The first-order valence-corrected chi connectivity index (χ1v) is 4.71. The van der Waals surface area contributed by atoms with Gasteiger partial charge in [-0.15, -0.1) is 12.4 Å². The Kier molecular flexibility index (Phi) is 5.76. The molecule has 0 fully saturated rings. The van der Waals surface area contributed by atoms with Crippen molar-refractivity contribution in [2.45, 2.75) is 26.3 Å². The summed E-state index contributed by atoms with van der Waals surface area (Å²) in [6.45, 7) is 4.03. The van der Waals surface area contributed by atoms with Crippen molar-refractivity contribution in [3.63, 3.8) is 0 Å². The van der Waals surface area contributed by atoms with Gasteiger partial charge >= 0.3 is 0 Å². The summed E-state index contributed by atoms with van der Waals surface area (Å²) in [6.07, 6.45) is 0.697. The molecule has 1 nitrogen and oxygen atoms in total. The van der Waals surface area contributed by atoms with Gasteiger partial charge < -0.3 is 5.73 Å². The molecule has 15 heavy (non-hydrogen) atoms. The molecule has 0 radical (unpaired) electrons. The van der Waals surface area contributed by atoms with Crippen LogP contribution in [0.15, 0.2) is 18.2 Å². The van der Waals surface area contributed by atoms with Gasteiger partial charge in [-0.05, 0) is 18.4 Å². The summed E-state index contributed by atoms with van der Waals surface area (Å²) in [4.78, 5) is 0. The molecule has 1 rings (SSSR count). The third-order valence-electron chi connectivity index (χ3n) is 2.09. The molecule has 1 aromatic carbocycles. The second-order valence-corrected chi connectivity index (χ2v) is 3.90. The first-order valence-electron chi connectivity index (χ1n) is 4.71. The molecule has 4 heteroatoms. The molecule has 0 bridgehead atoms. The van der Waals surface area contributed by atoms with E-state index in [-0.39, 0.29) is 18.4 Å². The van der Waals surface area contributed by atoms with Crippen LogP contribution in [-0.2, 0) is 0 Å². The summed E-state index contributed by atoms with van der Waals surface area (Å²) in [5, 5.41) is 0. The number of benzene rings is 1. The summed E-state index contributed by atoms with van der Waals surface area (Å²) in [5.74, 6) is -0.726. The van der Waals surface area contributed by atoms with Crippen LogP contribution in [0, 0.1) is 17.6 Å². The summed E-state index contributed by atoms with van der Waals surface area (Å²) in [7, 11) is 0. The molecule has 2 N–H and O–H groups in total. The van der Waals surface area contributed by atoms with Crippen LogP contribution in [0.25, 0.3) is 0 Å². The third-order valence-corrected chi connectivity index (χ3v) is 2.09. The van der Waals surface area contributed by atoms with E-state index in [9.17, 15) is 8.78 Å². The van der Waals surface area contributed by atoms with Gasteiger partial charge in [0.25, 0.3) is 0 Å². The Hall–Kier alpha value is -0.670. The van der Waals surface area contributed by atoms with Crippen LogP contribution >= 0.6 is 12.4 Å². The van der Waals surface area contributed by atoms with Crippen molar-refractivity contribution in [1.82, 2.24) is 0 Å². The van der Waals surface area contributed by atoms with Crippen molar-refractivity contribution >= 4 is 12.4 Å². The van der Waals surface area contributed by atoms with E-state index >= 15 is 0 Å². The quantitative estimate of drug-likeness (QED) is 0.854. The van der Waals surface area contributed by atoms with Crippen LogP contribution in [0.4, 0.5) is 8.78 Å². The van der Waals surface area contributed by atoms with Gasteiger partial charge in [0, 0.05) is 17.7 Å². The molecule has 0 heterocycles. The molecular formula is C11H16ClF2N. The van der Waals surface area contributed by atoms with Crippen LogP contribution < -0.4 is 5.73 Å². The molecule has 0 aromatic heterocycles. The van der Waals surface area contributed by atoms with E-state index in [1.54, 1.807) is 0 Å². The van der Waals surface area contributed by atoms with Gasteiger partial charge in [0.05, 0.1) is 0 Å². The lowest BCUT2D eigenvalue weighted by molar-refractivity contribution is 0.485. The monoisotopic (exact) mass is 235 g/mol. The highest BCUT2D eigenvalue weighted by atomic mass is 35.5. The average Bonchev–Trinajstić information content (AvgIpc) is 2.01. The zero-order valence-corrected chi connectivity index (χ0v) is 9.65. The molecule has 0 spiro atoms. The summed E-state index contributed by atoms with van der Waals surface area (Å²) < 4.78 is 25.8. The van der Waals surface area contributed by atoms with Crippen LogP contribution in [0.3, 0.4) is 0 Å². The van der Waals surface area contributed by atoms with E-state index in [0.29, 0.717) is 17.9 Å². The Morgan fingerprint density at radius 2 is 1.87 bits per heavy atom. The highest BCUT2D eigenvalue weighted by Gasteiger charge is 2.13. The standard InChI is InChI=1S/C11H15F2N.ClH/c1-7(2)5-11(14)9-4-3-8(12)6-10(9)13;/h3-4,6-7,11H,5,14H2,1-2H3;1H/t11-;/m0./s1. The zero-order valence-electron chi connectivity index (χ0n) is 8.84. The molecule has 0 aliphatic rings. The van der Waals surface area contributed by atoms with E-state index in [2.05, 4.69) is 0 Å². The second kappa shape index (κ2) is 6.03. The molecule has 0 aliphatic heterocycles. The van der Waals surface area contributed by atoms with Gasteiger partial charge in [-0.2, -0.15) is 0 Å². The van der Waals surface area contributed by atoms with Crippen molar-refractivity contribution in [3.05, 3.63) is 35.4 Å². The third kappa shape index (κ3) is 4.14. The Bertz CT molecular complexity index is 315. The summed E-state index contributed by atoms with van der Waals surface area (Å²) >= 11 is 0. The predicted molar refractivity (Wildman–Crippen MR) is 60.0 cm³/mol. The van der Waals surface area contributed by atoms with Gasteiger partial charge in [-0.25, -0.2) is 8.78 Å². The van der Waals surface area contributed by atoms with Crippen molar-refractivity contribution in [1.29, 1.82) is 0 Å². The fourth-order valence-corrected chi connectivity index (χ4v) is 1.44. The topological polar surface area (TPSA) is 26.0 Å². The first-order chi connectivity index (χ1) is 6.50. The van der Waals surface area contributed by atoms with Crippen LogP contribution in [0.5, 0.6) is 0 Å². The summed E-state index contributed by atoms with van der Waals surface area (Å²) in [5.41, 5.74) is 6.17. The molecular weight excluding hydrogens is 220 g/mol. The lowest BCUT2D eigenvalue weighted by Gasteiger charge is -2.14. The Balaban J connectivity index is 0.00000196. The normalized spacial score (nSPS) is 12.4. The lowest BCUT2D eigenvalue weighted by Crippen LogP contribution is -2.14. The minimum absolute atomic E-state index is 0. The van der Waals surface area contributed by atoms with Gasteiger partial charge in [-0.3, -0.25) is 0 Å². The fraction of sp³-hybridized carbons (Fsp3) is 0.455. The molecule has 1 aromatic rings. The van der Waals surface area contributed by atoms with E-state index < -0.39 is 11.6 Å². The van der Waals surface area contributed by atoms with Crippen molar-refractivity contribution in [3.8, 4) is 0 Å². The second-order valence-electron chi connectivity index (χ2n) is 3.90. The molecule has 1 atom stereocenters. The highest BCUT2D eigenvalue weighted by molar-refractivity contribution is 5.85. The average molecular weight is 236 g/mol. The maximum atomic E-state index is 13.2. The Morgan fingerprint density at radius 3 is 2.33 bits per heavy atom. The van der Waals surface area contributed by atoms with Crippen molar-refractivity contribution in [2.24, 2.45) is 11.7 Å². The lowest BCUT2D eigenvalue weighted by atomic mass is 9.97. The maximum Gasteiger partial charge on any atom is 0.130 e. The number of hydrogen-bond acceptors (Lipinski definition) is 1. The Labute approximate surface area is 95.1 Å². The first kappa shape index (κ1) is 14.3. The highest BCUT2D eigenvalue weighted by Crippen LogP contribution is 2.21. The minimum atomic E-state index is -0.567. The molecule has 0 saturated heterocycles. The fourth-order valence-electron chi connectivity index (χ4n) is 1.44. The Morgan fingerprint density at radius 1 is 1.27 bits per heavy atom. The van der Waals surface area contributed by atoms with Crippen LogP contribution in [0.2, 0.25) is 0 Å². The van der Waals surface area contributed by atoms with E-state index in [1.807, 2.05) is 13.8 Å². The van der Waals surface area contributed by atoms with E-state index in [4.69, 9.17) is 5.73 Å². The van der Waals surface area contributed by atoms with Gasteiger partial charge in [0.15, 0.2) is 0 Å². The molecule has 86 valence electrons. The number of nitrogens with two attached hydrogens (primary N) is 1. The molecule has 0 aliphatic carbocycles. The van der Waals surface area contributed by atoms with E-state index in [0.717, 1.165) is 6.07 Å². The molecule has 0 saturated carbocycles. The minimum Gasteiger partial charge on any atom is -0.324 e. The van der Waals surface area contributed by atoms with Crippen molar-refractivity contribution < 1.29 is 8.78 Å². The largest absolute Gasteiger partial charge is 0.324 e. The molecule has 0 amide bonds. The zero-order chi connectivity index (χ0) is 10.7. The number of rotatable bonds is 3. The van der Waals surface area contributed by atoms with Gasteiger partial charge in [0.2, 0.25) is 0 Å². The van der Waals surface area contributed by atoms with E-state index in [1.165, 1.54) is 12.1 Å². The van der Waals surface area contributed by atoms with Gasteiger partial charge in [0.1, 0.15) is 11.6 Å².